The minimum atomic E-state index is -4.15. The van der Waals surface area contributed by atoms with Crippen LogP contribution in [0.5, 0.6) is 0 Å². The molecule has 0 bridgehead atoms. The van der Waals surface area contributed by atoms with Crippen molar-refractivity contribution in [2.24, 2.45) is 0 Å². The van der Waals surface area contributed by atoms with Gasteiger partial charge >= 0.3 is 0 Å². The Morgan fingerprint density at radius 3 is 1.77 bits per heavy atom. The first-order chi connectivity index (χ1) is 11.5. The molecule has 0 heterocycles. The molecule has 0 aromatic carbocycles. The van der Waals surface area contributed by atoms with Crippen molar-refractivity contribution in [2.75, 3.05) is 12.8 Å². The molecule has 0 saturated heterocycles. The van der Waals surface area contributed by atoms with Gasteiger partial charge in [-0.05, 0) is 61.4 Å². The highest BCUT2D eigenvalue weighted by Crippen LogP contribution is 2.17. The van der Waals surface area contributed by atoms with E-state index in [2.05, 4.69) is 16.0 Å². The third-order valence-electron chi connectivity index (χ3n) is 4.43. The number of hydrogen-bond donors (Lipinski definition) is 4. The number of hydrogen-bond acceptors (Lipinski definition) is 6. The highest BCUT2D eigenvalue weighted by atomic mass is 32.2. The first-order valence-corrected chi connectivity index (χ1v) is 9.88. The van der Waals surface area contributed by atoms with Crippen LogP contribution in [0.3, 0.4) is 0 Å². The van der Waals surface area contributed by atoms with Gasteiger partial charge in [-0.15, -0.1) is 0 Å². The van der Waals surface area contributed by atoms with Crippen molar-refractivity contribution in [3.63, 3.8) is 0 Å². The van der Waals surface area contributed by atoms with Crippen LogP contribution in [0.1, 0.15) is 54.4 Å². The maximum Gasteiger partial charge on any atom is 0.264 e. The van der Waals surface area contributed by atoms with Gasteiger partial charge in [0.25, 0.3) is 10.1 Å². The van der Waals surface area contributed by atoms with Crippen molar-refractivity contribution in [2.45, 2.75) is 71.0 Å². The summed E-state index contributed by atoms with van der Waals surface area (Å²) in [5.41, 5.74) is -3.51. The van der Waals surface area contributed by atoms with Gasteiger partial charge < -0.3 is 16.0 Å². The zero-order valence-corrected chi connectivity index (χ0v) is 17.3. The maximum atomic E-state index is 12.6. The van der Waals surface area contributed by atoms with E-state index < -0.39 is 44.3 Å². The van der Waals surface area contributed by atoms with Crippen LogP contribution in [-0.2, 0) is 24.5 Å². The molecule has 152 valence electrons. The van der Waals surface area contributed by atoms with Crippen molar-refractivity contribution >= 4 is 27.7 Å². The largest absolute Gasteiger partial charge is 0.342 e. The van der Waals surface area contributed by atoms with Gasteiger partial charge in [0.1, 0.15) is 5.54 Å². The van der Waals surface area contributed by atoms with Crippen molar-refractivity contribution < 1.29 is 27.4 Å². The molecule has 0 aliphatic carbocycles. The van der Waals surface area contributed by atoms with Gasteiger partial charge in [-0.3, -0.25) is 18.9 Å². The smallest absolute Gasteiger partial charge is 0.264 e. The molecule has 0 rings (SSSR count). The molecular formula is C16H31N3O6S. The molecule has 0 aliphatic heterocycles. The lowest BCUT2D eigenvalue weighted by atomic mass is 9.90. The SMILES string of the molecule is CNC(C)(C)C(=O)NC(C)(C)C(=O)N[C@](C)(CCCS(=O)(=O)O)C(C)=O. The monoisotopic (exact) mass is 393 g/mol. The summed E-state index contributed by atoms with van der Waals surface area (Å²) in [4.78, 5) is 36.9. The van der Waals surface area contributed by atoms with Crippen molar-refractivity contribution in [3.8, 4) is 0 Å². The summed E-state index contributed by atoms with van der Waals surface area (Å²) < 4.78 is 30.5. The Morgan fingerprint density at radius 1 is 0.923 bits per heavy atom. The minimum absolute atomic E-state index is 0.00519. The molecule has 10 heteroatoms. The van der Waals surface area contributed by atoms with Gasteiger partial charge in [0.15, 0.2) is 5.78 Å². The van der Waals surface area contributed by atoms with Gasteiger partial charge in [-0.2, -0.15) is 8.42 Å². The highest BCUT2D eigenvalue weighted by molar-refractivity contribution is 7.85. The number of carbonyl (C=O) groups is 3. The normalized spacial score (nSPS) is 15.1. The third kappa shape index (κ3) is 7.38. The Hall–Kier alpha value is -1.52. The number of likely N-dealkylation sites (N-methyl/N-ethyl adjacent to an activating group) is 1. The van der Waals surface area contributed by atoms with Crippen molar-refractivity contribution in [3.05, 3.63) is 0 Å². The molecule has 0 spiro atoms. The molecule has 9 nitrogen and oxygen atoms in total. The lowest BCUT2D eigenvalue weighted by Crippen LogP contribution is -2.64. The lowest BCUT2D eigenvalue weighted by molar-refractivity contribution is -0.138. The van der Waals surface area contributed by atoms with E-state index in [-0.39, 0.29) is 18.6 Å². The van der Waals surface area contributed by atoms with Crippen LogP contribution >= 0.6 is 0 Å². The summed E-state index contributed by atoms with van der Waals surface area (Å²) in [6.45, 7) is 9.09. The average Bonchev–Trinajstić information content (AvgIpc) is 2.44. The summed E-state index contributed by atoms with van der Waals surface area (Å²) in [5, 5.41) is 8.06. The van der Waals surface area contributed by atoms with Crippen LogP contribution in [-0.4, -0.2) is 60.0 Å². The molecule has 26 heavy (non-hydrogen) atoms. The van der Waals surface area contributed by atoms with Gasteiger partial charge in [-0.25, -0.2) is 0 Å². The number of rotatable bonds is 10. The second-order valence-corrected chi connectivity index (χ2v) is 9.26. The molecule has 0 saturated carbocycles. The van der Waals surface area contributed by atoms with Gasteiger partial charge in [-0.1, -0.05) is 0 Å². The molecule has 0 radical (unpaired) electrons. The first-order valence-electron chi connectivity index (χ1n) is 8.27. The zero-order chi connectivity index (χ0) is 21.0. The molecule has 0 aromatic rings. The number of ketones is 1. The fourth-order valence-corrected chi connectivity index (χ4v) is 2.46. The first kappa shape index (κ1) is 24.5. The van der Waals surface area contributed by atoms with E-state index >= 15 is 0 Å². The molecule has 4 N–H and O–H groups in total. The molecule has 0 aromatic heterocycles. The van der Waals surface area contributed by atoms with Crippen LogP contribution in [0.4, 0.5) is 0 Å². The Balaban J connectivity index is 5.19. The minimum Gasteiger partial charge on any atom is -0.342 e. The van der Waals surface area contributed by atoms with E-state index in [0.717, 1.165) is 0 Å². The summed E-state index contributed by atoms with van der Waals surface area (Å²) in [7, 11) is -2.53. The van der Waals surface area contributed by atoms with Gasteiger partial charge in [0, 0.05) is 0 Å². The second-order valence-electron chi connectivity index (χ2n) is 7.69. The Bertz CT molecular complexity index is 657. The zero-order valence-electron chi connectivity index (χ0n) is 16.5. The summed E-state index contributed by atoms with van der Waals surface area (Å²) in [6, 6.07) is 0. The van der Waals surface area contributed by atoms with Crippen LogP contribution in [0.25, 0.3) is 0 Å². The fourth-order valence-electron chi connectivity index (χ4n) is 1.95. The van der Waals surface area contributed by atoms with E-state index in [0.29, 0.717) is 0 Å². The van der Waals surface area contributed by atoms with Crippen LogP contribution in [0.2, 0.25) is 0 Å². The predicted molar refractivity (Wildman–Crippen MR) is 98.2 cm³/mol. The summed E-state index contributed by atoms with van der Waals surface area (Å²) >= 11 is 0. The number of amides is 2. The highest BCUT2D eigenvalue weighted by Gasteiger charge is 2.39. The third-order valence-corrected chi connectivity index (χ3v) is 5.24. The number of Topliss-reactive ketones (excluding diaryl/α,β-unsaturated/α-hetero) is 1. The van der Waals surface area contributed by atoms with E-state index in [9.17, 15) is 22.8 Å². The van der Waals surface area contributed by atoms with Crippen molar-refractivity contribution in [1.82, 2.24) is 16.0 Å². The van der Waals surface area contributed by atoms with Crippen LogP contribution in [0, 0.1) is 0 Å². The van der Waals surface area contributed by atoms with Crippen LogP contribution in [0.15, 0.2) is 0 Å². The lowest BCUT2D eigenvalue weighted by Gasteiger charge is -2.35. The summed E-state index contributed by atoms with van der Waals surface area (Å²) in [5.74, 6) is -1.85. The molecule has 0 unspecified atom stereocenters. The molecular weight excluding hydrogens is 362 g/mol. The number of nitrogens with one attached hydrogen (secondary N) is 3. The Labute approximate surface area is 155 Å². The van der Waals surface area contributed by atoms with E-state index in [1.807, 2.05) is 0 Å². The average molecular weight is 394 g/mol. The van der Waals surface area contributed by atoms with E-state index in [1.165, 1.54) is 27.7 Å². The Kier molecular flexibility index (Phi) is 7.95. The molecule has 2 amide bonds. The topological polar surface area (TPSA) is 142 Å². The maximum absolute atomic E-state index is 12.6. The second kappa shape index (κ2) is 8.45. The standard InChI is InChI=1S/C16H31N3O6S/c1-11(20)16(6,9-8-10-26(23,24)25)19-13(22)15(4,5)18-12(21)14(2,3)17-7/h17H,8-10H2,1-7H3,(H,18,21)(H,19,22)(H,23,24,25)/t16-/m1/s1. The van der Waals surface area contributed by atoms with Crippen molar-refractivity contribution in [1.29, 1.82) is 0 Å². The van der Waals surface area contributed by atoms with E-state index in [4.69, 9.17) is 4.55 Å². The predicted octanol–water partition coefficient (Wildman–Crippen LogP) is 0.0111. The van der Waals surface area contributed by atoms with Crippen LogP contribution < -0.4 is 16.0 Å². The number of carbonyl (C=O) groups excluding carboxylic acids is 3. The van der Waals surface area contributed by atoms with Gasteiger partial charge in [0.05, 0.1) is 16.8 Å². The fraction of sp³-hybridized carbons (Fsp3) is 0.812. The molecule has 0 fully saturated rings. The summed E-state index contributed by atoms with van der Waals surface area (Å²) in [6.07, 6.45) is 0.0225. The molecule has 0 aliphatic rings. The quantitative estimate of drug-likeness (QED) is 0.383. The Morgan fingerprint density at radius 2 is 1.38 bits per heavy atom. The molecule has 1 atom stereocenters. The van der Waals surface area contributed by atoms with Gasteiger partial charge in [0.2, 0.25) is 11.8 Å². The van der Waals surface area contributed by atoms with E-state index in [1.54, 1.807) is 20.9 Å².